The molecule has 4 aliphatic carbocycles. The zero-order chi connectivity index (χ0) is 38.2. The predicted octanol–water partition coefficient (Wildman–Crippen LogP) is 2.00. The Morgan fingerprint density at radius 1 is 0.887 bits per heavy atom. The van der Waals surface area contributed by atoms with Crippen molar-refractivity contribution >= 4 is 0 Å². The molecule has 6 fully saturated rings. The van der Waals surface area contributed by atoms with Gasteiger partial charge in [-0.15, -0.1) is 0 Å². The van der Waals surface area contributed by atoms with E-state index in [1.807, 2.05) is 0 Å². The molecule has 21 atom stereocenters. The largest absolute Gasteiger partial charge is 0.396 e. The van der Waals surface area contributed by atoms with Crippen molar-refractivity contribution in [1.82, 2.24) is 0 Å². The normalized spacial score (nSPS) is 54.4. The van der Waals surface area contributed by atoms with Gasteiger partial charge < -0.3 is 64.2 Å². The van der Waals surface area contributed by atoms with E-state index in [9.17, 15) is 35.7 Å². The molecule has 7 aliphatic rings. The monoisotopic (exact) mass is 754 g/mol. The van der Waals surface area contributed by atoms with Crippen molar-refractivity contribution in [2.24, 2.45) is 46.3 Å². The van der Waals surface area contributed by atoms with E-state index < -0.39 is 73.8 Å². The SMILES string of the molecule is CO[C@]1(CC[C@@H](C)CO)OC2CC3C4CC=C5C[C@@H](O[C@H]6O[C@H](CO)[C@@H](O)[C@H](O)[C@H]6O[C@@H]6O[C@@H](C)[C@H](O)[C@@H](O)[C@H]6O)CC[C@]5(C)C4CC[C@]3(C)C2[C@@H]1C. The fourth-order valence-electron chi connectivity index (χ4n) is 12.4. The zero-order valence-electron chi connectivity index (χ0n) is 32.3. The fraction of sp³-hybridized carbons (Fsp3) is 0.950. The van der Waals surface area contributed by atoms with Crippen LogP contribution >= 0.6 is 0 Å². The quantitative estimate of drug-likeness (QED) is 0.160. The minimum absolute atomic E-state index is 0.0187. The Balaban J connectivity index is 1.04. The first-order valence-corrected chi connectivity index (χ1v) is 20.3. The van der Waals surface area contributed by atoms with Crippen LogP contribution in [0.4, 0.5) is 0 Å². The Kier molecular flexibility index (Phi) is 11.6. The van der Waals surface area contributed by atoms with Gasteiger partial charge >= 0.3 is 0 Å². The summed E-state index contributed by atoms with van der Waals surface area (Å²) in [5.74, 6) is 1.97. The third kappa shape index (κ3) is 6.69. The number of allylic oxidation sites excluding steroid dienone is 1. The molecule has 3 saturated carbocycles. The minimum atomic E-state index is -1.62. The lowest BCUT2D eigenvalue weighted by atomic mass is 9.47. The average molecular weight is 755 g/mol. The molecule has 5 unspecified atom stereocenters. The Hall–Kier alpha value is -0.780. The molecule has 0 radical (unpaired) electrons. The molecule has 7 N–H and O–H groups in total. The van der Waals surface area contributed by atoms with Crippen molar-refractivity contribution in [1.29, 1.82) is 0 Å². The molecule has 0 aromatic carbocycles. The van der Waals surface area contributed by atoms with Gasteiger partial charge in [-0.25, -0.2) is 0 Å². The molecule has 3 aliphatic heterocycles. The van der Waals surface area contributed by atoms with Gasteiger partial charge in [-0.2, -0.15) is 0 Å². The Labute approximate surface area is 313 Å². The topological polar surface area (TPSA) is 197 Å². The molecule has 0 aromatic rings. The summed E-state index contributed by atoms with van der Waals surface area (Å²) in [6.45, 7) is 10.5. The maximum atomic E-state index is 11.1. The number of ether oxygens (including phenoxy) is 6. The van der Waals surface area contributed by atoms with E-state index in [0.717, 1.165) is 51.4 Å². The Bertz CT molecular complexity index is 1320. The molecule has 0 spiro atoms. The Morgan fingerprint density at radius 3 is 2.34 bits per heavy atom. The molecular formula is C40H66O13. The second-order valence-corrected chi connectivity index (χ2v) is 18.3. The summed E-state index contributed by atoms with van der Waals surface area (Å²) in [5, 5.41) is 72.6. The lowest BCUT2D eigenvalue weighted by Gasteiger charge is -2.58. The summed E-state index contributed by atoms with van der Waals surface area (Å²) in [4.78, 5) is 0. The van der Waals surface area contributed by atoms with E-state index in [1.165, 1.54) is 12.5 Å². The summed E-state index contributed by atoms with van der Waals surface area (Å²) in [6, 6.07) is 0. The molecule has 0 bridgehead atoms. The van der Waals surface area contributed by atoms with Crippen molar-refractivity contribution in [2.45, 2.75) is 172 Å². The van der Waals surface area contributed by atoms with Crippen LogP contribution in [0.15, 0.2) is 11.6 Å². The van der Waals surface area contributed by atoms with Gasteiger partial charge in [0, 0.05) is 26.1 Å². The van der Waals surface area contributed by atoms with Gasteiger partial charge in [-0.1, -0.05) is 39.3 Å². The van der Waals surface area contributed by atoms with Gasteiger partial charge in [0.2, 0.25) is 0 Å². The number of methoxy groups -OCH3 is 1. The smallest absolute Gasteiger partial charge is 0.187 e. The standard InChI is InChI=1S/C40H66O13/c1-19(17-41)9-14-40(48-6)20(2)29-27(53-40)16-26-24-8-7-22-15-23(10-12-38(22,4)25(24)11-13-39(26,29)5)50-37-35(33(46)31(44)28(18-42)51-37)52-36-34(47)32(45)30(43)21(3)49-36/h7,19-21,23-37,41-47H,8-18H2,1-6H3/t19-,20+,21+,23+,24?,25?,26?,27?,28-,29?,30+,31-,32-,33+,34-,35-,36+,37+,38+,39+,40-/m1/s1. The van der Waals surface area contributed by atoms with Gasteiger partial charge in [0.15, 0.2) is 18.4 Å². The lowest BCUT2D eigenvalue weighted by Crippen LogP contribution is -2.64. The molecule has 53 heavy (non-hydrogen) atoms. The van der Waals surface area contributed by atoms with Crippen LogP contribution in [0.5, 0.6) is 0 Å². The zero-order valence-corrected chi connectivity index (χ0v) is 32.3. The average Bonchev–Trinajstić information content (AvgIpc) is 3.60. The van der Waals surface area contributed by atoms with Gasteiger partial charge in [-0.05, 0) is 98.7 Å². The van der Waals surface area contributed by atoms with Crippen molar-refractivity contribution in [3.05, 3.63) is 11.6 Å². The molecular weight excluding hydrogens is 688 g/mol. The molecule has 3 heterocycles. The number of aliphatic hydroxyl groups is 7. The van der Waals surface area contributed by atoms with Crippen LogP contribution < -0.4 is 0 Å². The van der Waals surface area contributed by atoms with Crippen molar-refractivity contribution in [3.63, 3.8) is 0 Å². The first-order chi connectivity index (χ1) is 25.1. The minimum Gasteiger partial charge on any atom is -0.396 e. The number of hydrogen-bond donors (Lipinski definition) is 7. The number of fused-ring (bicyclic) bond motifs is 7. The lowest BCUT2D eigenvalue weighted by molar-refractivity contribution is -0.369. The maximum absolute atomic E-state index is 11.1. The second kappa shape index (κ2) is 15.2. The van der Waals surface area contributed by atoms with Crippen molar-refractivity contribution in [2.75, 3.05) is 20.3 Å². The van der Waals surface area contributed by atoms with E-state index in [1.54, 1.807) is 7.11 Å². The third-order valence-electron chi connectivity index (χ3n) is 15.6. The molecule has 3 saturated heterocycles. The second-order valence-electron chi connectivity index (χ2n) is 18.3. The van der Waals surface area contributed by atoms with Crippen molar-refractivity contribution < 1.29 is 64.2 Å². The Morgan fingerprint density at radius 2 is 1.64 bits per heavy atom. The van der Waals surface area contributed by atoms with Crippen LogP contribution in [0.25, 0.3) is 0 Å². The van der Waals surface area contributed by atoms with E-state index in [4.69, 9.17) is 28.4 Å². The molecule has 7 rings (SSSR count). The maximum Gasteiger partial charge on any atom is 0.187 e. The van der Waals surface area contributed by atoms with E-state index in [-0.39, 0.29) is 41.5 Å². The highest BCUT2D eigenvalue weighted by molar-refractivity contribution is 5.26. The number of aliphatic hydroxyl groups excluding tert-OH is 7. The summed E-state index contributed by atoms with van der Waals surface area (Å²) in [7, 11) is 1.78. The molecule has 13 heteroatoms. The van der Waals surface area contributed by atoms with Crippen molar-refractivity contribution in [3.8, 4) is 0 Å². The molecule has 304 valence electrons. The van der Waals surface area contributed by atoms with Gasteiger partial charge in [0.05, 0.1) is 24.9 Å². The van der Waals surface area contributed by atoms with Crippen LogP contribution in [0.2, 0.25) is 0 Å². The van der Waals surface area contributed by atoms with E-state index in [0.29, 0.717) is 30.1 Å². The first-order valence-electron chi connectivity index (χ1n) is 20.3. The summed E-state index contributed by atoms with van der Waals surface area (Å²) >= 11 is 0. The van der Waals surface area contributed by atoms with Gasteiger partial charge in [0.1, 0.15) is 42.7 Å². The highest BCUT2D eigenvalue weighted by atomic mass is 16.8. The fourth-order valence-corrected chi connectivity index (χ4v) is 12.4. The number of hydrogen-bond acceptors (Lipinski definition) is 13. The summed E-state index contributed by atoms with van der Waals surface area (Å²) in [6.07, 6.45) is -2.75. The third-order valence-corrected chi connectivity index (χ3v) is 15.6. The predicted molar refractivity (Wildman–Crippen MR) is 190 cm³/mol. The number of rotatable bonds is 10. The van der Waals surface area contributed by atoms with Gasteiger partial charge in [0.25, 0.3) is 0 Å². The van der Waals surface area contributed by atoms with E-state index >= 15 is 0 Å². The molecule has 13 nitrogen and oxygen atoms in total. The van der Waals surface area contributed by atoms with E-state index in [2.05, 4.69) is 33.8 Å². The summed E-state index contributed by atoms with van der Waals surface area (Å²) < 4.78 is 37.3. The van der Waals surface area contributed by atoms with Gasteiger partial charge in [-0.3, -0.25) is 0 Å². The summed E-state index contributed by atoms with van der Waals surface area (Å²) in [5.41, 5.74) is 1.56. The van der Waals surface area contributed by atoms with Crippen LogP contribution in [0.1, 0.15) is 92.4 Å². The highest BCUT2D eigenvalue weighted by Gasteiger charge is 2.68. The van der Waals surface area contributed by atoms with Crippen LogP contribution in [0, 0.1) is 46.3 Å². The molecule has 0 aromatic heterocycles. The van der Waals surface area contributed by atoms with Crippen LogP contribution in [0.3, 0.4) is 0 Å². The van der Waals surface area contributed by atoms with Crippen LogP contribution in [-0.4, -0.2) is 135 Å². The molecule has 0 amide bonds. The first kappa shape index (κ1) is 40.4. The van der Waals surface area contributed by atoms with Crippen LogP contribution in [-0.2, 0) is 28.4 Å². The highest BCUT2D eigenvalue weighted by Crippen LogP contribution is 2.70.